The zero-order valence-corrected chi connectivity index (χ0v) is 15.4. The number of aromatic nitrogens is 1. The van der Waals surface area contributed by atoms with Gasteiger partial charge in [0, 0.05) is 22.2 Å². The number of hydrogen-bond acceptors (Lipinski definition) is 5. The molecular formula is C19H16Cl2N2O3. The SMILES string of the molecule is O=C(OCCN1CCC1)c1ccc2nc(-c3cc(Cl)cc(Cl)c3)oc2c1. The van der Waals surface area contributed by atoms with Crippen LogP contribution in [-0.4, -0.2) is 42.1 Å². The summed E-state index contributed by atoms with van der Waals surface area (Å²) in [5.74, 6) is 0.0314. The lowest BCUT2D eigenvalue weighted by Crippen LogP contribution is -2.39. The molecule has 134 valence electrons. The van der Waals surface area contributed by atoms with E-state index in [1.807, 2.05) is 0 Å². The Bertz CT molecular complexity index is 946. The normalized spacial score (nSPS) is 14.4. The van der Waals surface area contributed by atoms with Crippen LogP contribution in [0.5, 0.6) is 0 Å². The molecule has 1 aliphatic rings. The van der Waals surface area contributed by atoms with Gasteiger partial charge in [-0.15, -0.1) is 0 Å². The van der Waals surface area contributed by atoms with Crippen molar-refractivity contribution >= 4 is 40.3 Å². The van der Waals surface area contributed by atoms with E-state index in [-0.39, 0.29) is 5.97 Å². The molecular weight excluding hydrogens is 375 g/mol. The van der Waals surface area contributed by atoms with E-state index in [9.17, 15) is 4.79 Å². The first-order valence-electron chi connectivity index (χ1n) is 8.35. The number of oxazole rings is 1. The fourth-order valence-corrected chi connectivity index (χ4v) is 3.33. The molecule has 2 heterocycles. The summed E-state index contributed by atoms with van der Waals surface area (Å²) in [4.78, 5) is 18.9. The van der Waals surface area contributed by atoms with Crippen molar-refractivity contribution in [3.63, 3.8) is 0 Å². The van der Waals surface area contributed by atoms with Gasteiger partial charge in [0.2, 0.25) is 5.89 Å². The number of rotatable bonds is 5. The van der Waals surface area contributed by atoms with Crippen LogP contribution in [0.2, 0.25) is 10.0 Å². The lowest BCUT2D eigenvalue weighted by Gasteiger charge is -2.30. The Morgan fingerprint density at radius 1 is 1.15 bits per heavy atom. The van der Waals surface area contributed by atoms with E-state index in [1.165, 1.54) is 6.42 Å². The molecule has 0 saturated carbocycles. The molecule has 3 aromatic rings. The van der Waals surface area contributed by atoms with Gasteiger partial charge in [0.15, 0.2) is 5.58 Å². The molecule has 26 heavy (non-hydrogen) atoms. The van der Waals surface area contributed by atoms with Gasteiger partial charge in [-0.1, -0.05) is 23.2 Å². The Morgan fingerprint density at radius 2 is 1.92 bits per heavy atom. The number of likely N-dealkylation sites (tertiary alicyclic amines) is 1. The van der Waals surface area contributed by atoms with Crippen LogP contribution in [0.1, 0.15) is 16.8 Å². The first-order chi connectivity index (χ1) is 12.6. The summed E-state index contributed by atoms with van der Waals surface area (Å²) in [5.41, 5.74) is 2.27. The van der Waals surface area contributed by atoms with Gasteiger partial charge in [-0.25, -0.2) is 9.78 Å². The summed E-state index contributed by atoms with van der Waals surface area (Å²) in [6.07, 6.45) is 1.22. The van der Waals surface area contributed by atoms with Gasteiger partial charge in [-0.2, -0.15) is 0 Å². The van der Waals surface area contributed by atoms with Crippen molar-refractivity contribution in [3.8, 4) is 11.5 Å². The van der Waals surface area contributed by atoms with Crippen LogP contribution in [0.25, 0.3) is 22.6 Å². The van der Waals surface area contributed by atoms with Crippen molar-refractivity contribution in [2.45, 2.75) is 6.42 Å². The van der Waals surface area contributed by atoms with Gasteiger partial charge in [0.1, 0.15) is 12.1 Å². The topological polar surface area (TPSA) is 55.6 Å². The largest absolute Gasteiger partial charge is 0.461 e. The fraction of sp³-hybridized carbons (Fsp3) is 0.263. The molecule has 2 aromatic carbocycles. The maximum Gasteiger partial charge on any atom is 0.338 e. The average Bonchev–Trinajstić information content (AvgIpc) is 2.99. The van der Waals surface area contributed by atoms with Gasteiger partial charge in [-0.3, -0.25) is 4.90 Å². The molecule has 0 spiro atoms. The Kier molecular flexibility index (Phi) is 4.85. The number of benzene rings is 2. The van der Waals surface area contributed by atoms with E-state index >= 15 is 0 Å². The van der Waals surface area contributed by atoms with Gasteiger partial charge >= 0.3 is 5.97 Å². The highest BCUT2D eigenvalue weighted by molar-refractivity contribution is 6.35. The minimum Gasteiger partial charge on any atom is -0.461 e. The molecule has 0 unspecified atom stereocenters. The predicted molar refractivity (Wildman–Crippen MR) is 101 cm³/mol. The number of fused-ring (bicyclic) bond motifs is 1. The van der Waals surface area contributed by atoms with Crippen LogP contribution in [0.15, 0.2) is 40.8 Å². The molecule has 1 saturated heterocycles. The minimum absolute atomic E-state index is 0.365. The third-order valence-electron chi connectivity index (χ3n) is 4.32. The van der Waals surface area contributed by atoms with Crippen LogP contribution < -0.4 is 0 Å². The quantitative estimate of drug-likeness (QED) is 0.592. The lowest BCUT2D eigenvalue weighted by atomic mass is 10.2. The molecule has 0 amide bonds. The van der Waals surface area contributed by atoms with Gasteiger partial charge < -0.3 is 9.15 Å². The monoisotopic (exact) mass is 390 g/mol. The van der Waals surface area contributed by atoms with Crippen molar-refractivity contribution < 1.29 is 13.9 Å². The molecule has 1 aliphatic heterocycles. The Balaban J connectivity index is 1.52. The molecule has 5 nitrogen and oxygen atoms in total. The third kappa shape index (κ3) is 3.70. The number of hydrogen-bond donors (Lipinski definition) is 0. The molecule has 0 radical (unpaired) electrons. The Morgan fingerprint density at radius 3 is 2.62 bits per heavy atom. The number of esters is 1. The van der Waals surface area contributed by atoms with E-state index in [4.69, 9.17) is 32.4 Å². The van der Waals surface area contributed by atoms with Crippen LogP contribution in [-0.2, 0) is 4.74 Å². The van der Waals surface area contributed by atoms with Gasteiger partial charge in [0.25, 0.3) is 0 Å². The molecule has 1 aromatic heterocycles. The molecule has 0 bridgehead atoms. The molecule has 0 aliphatic carbocycles. The van der Waals surface area contributed by atoms with E-state index < -0.39 is 0 Å². The van der Waals surface area contributed by atoms with Crippen molar-refractivity contribution in [2.24, 2.45) is 0 Å². The Labute approximate surface area is 160 Å². The van der Waals surface area contributed by atoms with Crippen molar-refractivity contribution in [1.82, 2.24) is 9.88 Å². The maximum atomic E-state index is 12.2. The highest BCUT2D eigenvalue weighted by Crippen LogP contribution is 2.29. The summed E-state index contributed by atoms with van der Waals surface area (Å²) in [6, 6.07) is 10.2. The van der Waals surface area contributed by atoms with Crippen LogP contribution in [0, 0.1) is 0 Å². The zero-order valence-electron chi connectivity index (χ0n) is 13.9. The van der Waals surface area contributed by atoms with Crippen LogP contribution in [0.4, 0.5) is 0 Å². The van der Waals surface area contributed by atoms with E-state index in [2.05, 4.69) is 9.88 Å². The van der Waals surface area contributed by atoms with Crippen molar-refractivity contribution in [2.75, 3.05) is 26.2 Å². The van der Waals surface area contributed by atoms with Gasteiger partial charge in [0.05, 0.1) is 5.56 Å². The summed E-state index contributed by atoms with van der Waals surface area (Å²) in [7, 11) is 0. The minimum atomic E-state index is -0.365. The predicted octanol–water partition coefficient (Wildman–Crippen LogP) is 4.66. The van der Waals surface area contributed by atoms with Crippen LogP contribution in [0.3, 0.4) is 0 Å². The van der Waals surface area contributed by atoms with E-state index in [1.54, 1.807) is 36.4 Å². The van der Waals surface area contributed by atoms with Gasteiger partial charge in [-0.05, 0) is 55.9 Å². The lowest BCUT2D eigenvalue weighted by molar-refractivity contribution is 0.0423. The first kappa shape index (κ1) is 17.3. The average molecular weight is 391 g/mol. The highest BCUT2D eigenvalue weighted by atomic mass is 35.5. The number of carbonyl (C=O) groups is 1. The first-order valence-corrected chi connectivity index (χ1v) is 9.11. The summed E-state index contributed by atoms with van der Waals surface area (Å²) in [5, 5.41) is 1.00. The highest BCUT2D eigenvalue weighted by Gasteiger charge is 2.16. The smallest absolute Gasteiger partial charge is 0.338 e. The number of nitrogens with zero attached hydrogens (tertiary/aromatic N) is 2. The molecule has 0 N–H and O–H groups in total. The molecule has 4 rings (SSSR count). The summed E-state index contributed by atoms with van der Waals surface area (Å²) >= 11 is 12.1. The second kappa shape index (κ2) is 7.27. The fourth-order valence-electron chi connectivity index (χ4n) is 2.81. The molecule has 0 atom stereocenters. The maximum absolute atomic E-state index is 12.2. The molecule has 7 heteroatoms. The number of halogens is 2. The Hall–Kier alpha value is -2.08. The standard InChI is InChI=1S/C19H16Cl2N2O3/c20-14-8-13(9-15(21)11-14)18-22-16-3-2-12(10-17(16)26-18)19(24)25-7-6-23-4-1-5-23/h2-3,8-11H,1,4-7H2. The van der Waals surface area contributed by atoms with E-state index in [0.717, 1.165) is 19.6 Å². The number of carbonyl (C=O) groups excluding carboxylic acids is 1. The van der Waals surface area contributed by atoms with E-state index in [0.29, 0.717) is 44.8 Å². The summed E-state index contributed by atoms with van der Waals surface area (Å²) in [6.45, 7) is 3.32. The third-order valence-corrected chi connectivity index (χ3v) is 4.76. The molecule has 1 fully saturated rings. The zero-order chi connectivity index (χ0) is 18.1. The second-order valence-corrected chi connectivity index (χ2v) is 7.06. The second-order valence-electron chi connectivity index (χ2n) is 6.19. The van der Waals surface area contributed by atoms with Crippen molar-refractivity contribution in [3.05, 3.63) is 52.0 Å². The van der Waals surface area contributed by atoms with Crippen LogP contribution >= 0.6 is 23.2 Å². The summed E-state index contributed by atoms with van der Waals surface area (Å²) < 4.78 is 11.1. The number of ether oxygens (including phenoxy) is 1. The van der Waals surface area contributed by atoms with Crippen molar-refractivity contribution in [1.29, 1.82) is 0 Å².